The molecule has 4 heteroatoms. The number of likely N-dealkylation sites (N-methyl/N-ethyl adjacent to an activating group) is 1. The minimum absolute atomic E-state index is 0.00285. The van der Waals surface area contributed by atoms with Crippen LogP contribution in [0.1, 0.15) is 28.8 Å². The van der Waals surface area contributed by atoms with Crippen molar-refractivity contribution in [1.82, 2.24) is 4.90 Å². The van der Waals surface area contributed by atoms with Crippen LogP contribution in [0.25, 0.3) is 0 Å². The van der Waals surface area contributed by atoms with Gasteiger partial charge in [0.05, 0.1) is 11.5 Å². The monoisotopic (exact) mass is 221 g/mol. The van der Waals surface area contributed by atoms with Crippen LogP contribution in [0.4, 0.5) is 0 Å². The number of hydrogen-bond donors (Lipinski definition) is 1. The predicted octanol–water partition coefficient (Wildman–Crippen LogP) is 1.58. The molecular formula is C12H15NO3. The van der Waals surface area contributed by atoms with E-state index in [1.54, 1.807) is 33.2 Å². The molecule has 1 N–H and O–H groups in total. The van der Waals surface area contributed by atoms with Crippen LogP contribution in [-0.2, 0) is 4.79 Å². The van der Waals surface area contributed by atoms with E-state index in [4.69, 9.17) is 5.11 Å². The SMILES string of the molecule is C[C@@H](C(=O)N(C)C)c1ccc(C(=O)O)cc1. The zero-order valence-electron chi connectivity index (χ0n) is 9.60. The van der Waals surface area contributed by atoms with Gasteiger partial charge < -0.3 is 10.0 Å². The third-order valence-corrected chi connectivity index (χ3v) is 2.47. The molecule has 0 aliphatic heterocycles. The van der Waals surface area contributed by atoms with Crippen molar-refractivity contribution in [2.75, 3.05) is 14.1 Å². The average Bonchev–Trinajstić information content (AvgIpc) is 2.27. The number of rotatable bonds is 3. The maximum absolute atomic E-state index is 11.7. The van der Waals surface area contributed by atoms with E-state index >= 15 is 0 Å². The Labute approximate surface area is 94.5 Å². The molecule has 0 saturated carbocycles. The normalized spacial score (nSPS) is 11.9. The molecule has 0 heterocycles. The van der Waals surface area contributed by atoms with Crippen LogP contribution in [0.3, 0.4) is 0 Å². The number of aromatic carboxylic acids is 1. The molecule has 0 aromatic heterocycles. The molecule has 86 valence electrons. The Morgan fingerprint density at radius 2 is 1.69 bits per heavy atom. The van der Waals surface area contributed by atoms with Crippen molar-refractivity contribution in [2.24, 2.45) is 0 Å². The van der Waals surface area contributed by atoms with E-state index < -0.39 is 5.97 Å². The van der Waals surface area contributed by atoms with Crippen LogP contribution in [0.5, 0.6) is 0 Å². The lowest BCUT2D eigenvalue weighted by Gasteiger charge is -2.17. The molecule has 0 spiro atoms. The number of carbonyl (C=O) groups excluding carboxylic acids is 1. The quantitative estimate of drug-likeness (QED) is 0.843. The Bertz CT molecular complexity index is 395. The highest BCUT2D eigenvalue weighted by molar-refractivity contribution is 5.88. The maximum Gasteiger partial charge on any atom is 0.335 e. The van der Waals surface area contributed by atoms with Gasteiger partial charge in [-0.1, -0.05) is 12.1 Å². The summed E-state index contributed by atoms with van der Waals surface area (Å²) in [6, 6.07) is 6.37. The second-order valence-electron chi connectivity index (χ2n) is 3.88. The lowest BCUT2D eigenvalue weighted by atomic mass is 9.99. The molecule has 16 heavy (non-hydrogen) atoms. The number of nitrogens with zero attached hydrogens (tertiary/aromatic N) is 1. The first-order valence-electron chi connectivity index (χ1n) is 4.98. The van der Waals surface area contributed by atoms with Gasteiger partial charge in [-0.15, -0.1) is 0 Å². The molecule has 0 aliphatic carbocycles. The van der Waals surface area contributed by atoms with Crippen LogP contribution in [0.2, 0.25) is 0 Å². The Morgan fingerprint density at radius 3 is 2.06 bits per heavy atom. The fourth-order valence-electron chi connectivity index (χ4n) is 1.44. The van der Waals surface area contributed by atoms with Crippen LogP contribution >= 0.6 is 0 Å². The van der Waals surface area contributed by atoms with E-state index in [2.05, 4.69) is 0 Å². The summed E-state index contributed by atoms with van der Waals surface area (Å²) in [6.07, 6.45) is 0. The standard InChI is InChI=1S/C12H15NO3/c1-8(11(14)13(2)3)9-4-6-10(7-5-9)12(15)16/h4-8H,1-3H3,(H,15,16)/t8-/m1/s1. The third-order valence-electron chi connectivity index (χ3n) is 2.47. The molecule has 4 nitrogen and oxygen atoms in total. The zero-order valence-corrected chi connectivity index (χ0v) is 9.60. The second-order valence-corrected chi connectivity index (χ2v) is 3.88. The fourth-order valence-corrected chi connectivity index (χ4v) is 1.44. The van der Waals surface area contributed by atoms with Gasteiger partial charge in [0.25, 0.3) is 0 Å². The van der Waals surface area contributed by atoms with E-state index in [9.17, 15) is 9.59 Å². The highest BCUT2D eigenvalue weighted by atomic mass is 16.4. The van der Waals surface area contributed by atoms with Crippen LogP contribution in [-0.4, -0.2) is 36.0 Å². The summed E-state index contributed by atoms with van der Waals surface area (Å²) in [4.78, 5) is 23.8. The number of benzene rings is 1. The maximum atomic E-state index is 11.7. The van der Waals surface area contributed by atoms with Crippen LogP contribution in [0.15, 0.2) is 24.3 Å². The third kappa shape index (κ3) is 2.59. The van der Waals surface area contributed by atoms with Crippen LogP contribution in [0, 0.1) is 0 Å². The lowest BCUT2D eigenvalue weighted by molar-refractivity contribution is -0.129. The predicted molar refractivity (Wildman–Crippen MR) is 60.5 cm³/mol. The van der Waals surface area contributed by atoms with E-state index in [1.165, 1.54) is 17.0 Å². The Morgan fingerprint density at radius 1 is 1.19 bits per heavy atom. The first kappa shape index (κ1) is 12.2. The largest absolute Gasteiger partial charge is 0.478 e. The number of amides is 1. The molecule has 1 amide bonds. The molecule has 1 aromatic rings. The van der Waals surface area contributed by atoms with Gasteiger partial charge in [0.1, 0.15) is 0 Å². The van der Waals surface area contributed by atoms with Gasteiger partial charge in [-0.05, 0) is 24.6 Å². The lowest BCUT2D eigenvalue weighted by Crippen LogP contribution is -2.26. The van der Waals surface area contributed by atoms with Crippen LogP contribution < -0.4 is 0 Å². The van der Waals surface area contributed by atoms with Crippen molar-refractivity contribution in [3.8, 4) is 0 Å². The molecule has 0 unspecified atom stereocenters. The zero-order chi connectivity index (χ0) is 12.3. The second kappa shape index (κ2) is 4.79. The van der Waals surface area contributed by atoms with Gasteiger partial charge in [0, 0.05) is 14.1 Å². The average molecular weight is 221 g/mol. The Balaban J connectivity index is 2.89. The van der Waals surface area contributed by atoms with Crippen molar-refractivity contribution in [3.63, 3.8) is 0 Å². The molecule has 1 aromatic carbocycles. The smallest absolute Gasteiger partial charge is 0.335 e. The first-order valence-corrected chi connectivity index (χ1v) is 4.98. The van der Waals surface area contributed by atoms with Gasteiger partial charge in [-0.2, -0.15) is 0 Å². The van der Waals surface area contributed by atoms with E-state index in [1.807, 2.05) is 0 Å². The first-order chi connectivity index (χ1) is 7.43. The number of carbonyl (C=O) groups is 2. The highest BCUT2D eigenvalue weighted by Gasteiger charge is 2.17. The Kier molecular flexibility index (Phi) is 3.66. The van der Waals surface area contributed by atoms with Gasteiger partial charge in [0.15, 0.2) is 0 Å². The van der Waals surface area contributed by atoms with Crippen molar-refractivity contribution >= 4 is 11.9 Å². The molecule has 1 rings (SSSR count). The van der Waals surface area contributed by atoms with Crippen molar-refractivity contribution in [2.45, 2.75) is 12.8 Å². The summed E-state index contributed by atoms with van der Waals surface area (Å²) in [5, 5.41) is 8.74. The van der Waals surface area contributed by atoms with E-state index in [0.717, 1.165) is 5.56 Å². The van der Waals surface area contributed by atoms with Gasteiger partial charge >= 0.3 is 5.97 Å². The molecule has 1 atom stereocenters. The number of carboxylic acids is 1. The molecule has 0 saturated heterocycles. The highest BCUT2D eigenvalue weighted by Crippen LogP contribution is 2.17. The topological polar surface area (TPSA) is 57.6 Å². The van der Waals surface area contributed by atoms with Gasteiger partial charge in [-0.25, -0.2) is 4.79 Å². The van der Waals surface area contributed by atoms with E-state index in [0.29, 0.717) is 0 Å². The summed E-state index contributed by atoms with van der Waals surface area (Å²) in [5.74, 6) is -1.21. The summed E-state index contributed by atoms with van der Waals surface area (Å²) in [6.45, 7) is 1.80. The number of hydrogen-bond acceptors (Lipinski definition) is 2. The molecule has 0 aliphatic rings. The Hall–Kier alpha value is -1.84. The van der Waals surface area contributed by atoms with E-state index in [-0.39, 0.29) is 17.4 Å². The van der Waals surface area contributed by atoms with Crippen molar-refractivity contribution in [1.29, 1.82) is 0 Å². The number of carboxylic acid groups (broad SMARTS) is 1. The van der Waals surface area contributed by atoms with Gasteiger partial charge in [-0.3, -0.25) is 4.79 Å². The molecule has 0 bridgehead atoms. The fraction of sp³-hybridized carbons (Fsp3) is 0.333. The summed E-state index contributed by atoms with van der Waals surface area (Å²) in [5.41, 5.74) is 1.05. The minimum Gasteiger partial charge on any atom is -0.478 e. The molecular weight excluding hydrogens is 206 g/mol. The van der Waals surface area contributed by atoms with Crippen molar-refractivity contribution < 1.29 is 14.7 Å². The summed E-state index contributed by atoms with van der Waals surface area (Å²) < 4.78 is 0. The molecule has 0 fully saturated rings. The molecule has 0 radical (unpaired) electrons. The van der Waals surface area contributed by atoms with Gasteiger partial charge in [0.2, 0.25) is 5.91 Å². The summed E-state index contributed by atoms with van der Waals surface area (Å²) in [7, 11) is 3.40. The van der Waals surface area contributed by atoms with Crippen molar-refractivity contribution in [3.05, 3.63) is 35.4 Å². The minimum atomic E-state index is -0.960. The summed E-state index contributed by atoms with van der Waals surface area (Å²) >= 11 is 0.